The molecular weight excluding hydrogens is 182 g/mol. The molecule has 0 saturated heterocycles. The van der Waals surface area contributed by atoms with Crippen LogP contribution in [0, 0.1) is 0 Å². The first kappa shape index (κ1) is 12.3. The Labute approximate surface area is 93.7 Å². The lowest BCUT2D eigenvalue weighted by atomic mass is 9.93. The highest BCUT2D eigenvalue weighted by Crippen LogP contribution is 2.23. The van der Waals surface area contributed by atoms with E-state index in [1.807, 2.05) is 0 Å². The molecule has 0 aliphatic rings. The van der Waals surface area contributed by atoms with Gasteiger partial charge < -0.3 is 5.73 Å². The van der Waals surface area contributed by atoms with Crippen LogP contribution in [0.15, 0.2) is 24.3 Å². The Hall–Kier alpha value is -0.820. The van der Waals surface area contributed by atoms with Crippen molar-refractivity contribution >= 4 is 0 Å². The number of rotatable bonds is 5. The normalized spacial score (nSPS) is 14.9. The summed E-state index contributed by atoms with van der Waals surface area (Å²) in [5, 5.41) is 0. The predicted molar refractivity (Wildman–Crippen MR) is 67.2 cm³/mol. The molecule has 84 valence electrons. The lowest BCUT2D eigenvalue weighted by Crippen LogP contribution is -2.04. The minimum atomic E-state index is 0.584. The zero-order chi connectivity index (χ0) is 11.3. The van der Waals surface area contributed by atoms with Crippen LogP contribution in [0.2, 0.25) is 0 Å². The van der Waals surface area contributed by atoms with Gasteiger partial charge in [-0.05, 0) is 42.3 Å². The van der Waals surface area contributed by atoms with Gasteiger partial charge in [-0.2, -0.15) is 0 Å². The van der Waals surface area contributed by atoms with Gasteiger partial charge in [-0.25, -0.2) is 0 Å². The van der Waals surface area contributed by atoms with Crippen molar-refractivity contribution in [3.63, 3.8) is 0 Å². The molecule has 0 amide bonds. The Morgan fingerprint density at radius 1 is 1.00 bits per heavy atom. The molecule has 2 atom stereocenters. The van der Waals surface area contributed by atoms with E-state index in [-0.39, 0.29) is 0 Å². The molecular formula is C14H23N. The van der Waals surface area contributed by atoms with Crippen molar-refractivity contribution in [2.45, 2.75) is 45.4 Å². The van der Waals surface area contributed by atoms with Crippen LogP contribution in [-0.2, 0) is 0 Å². The predicted octanol–water partition coefficient (Wildman–Crippen LogP) is 3.65. The second-order valence-corrected chi connectivity index (χ2v) is 4.45. The van der Waals surface area contributed by atoms with E-state index in [2.05, 4.69) is 45.0 Å². The average Bonchev–Trinajstić information content (AvgIpc) is 2.28. The molecule has 2 unspecified atom stereocenters. The van der Waals surface area contributed by atoms with Crippen molar-refractivity contribution in [2.24, 2.45) is 5.73 Å². The molecule has 0 aliphatic heterocycles. The summed E-state index contributed by atoms with van der Waals surface area (Å²) >= 11 is 0. The molecule has 1 rings (SSSR count). The second kappa shape index (κ2) is 5.92. The van der Waals surface area contributed by atoms with Crippen LogP contribution < -0.4 is 5.73 Å². The maximum atomic E-state index is 5.57. The van der Waals surface area contributed by atoms with E-state index in [9.17, 15) is 0 Å². The molecule has 15 heavy (non-hydrogen) atoms. The minimum Gasteiger partial charge on any atom is -0.330 e. The summed E-state index contributed by atoms with van der Waals surface area (Å²) in [6.45, 7) is 7.52. The van der Waals surface area contributed by atoms with Gasteiger partial charge >= 0.3 is 0 Å². The summed E-state index contributed by atoms with van der Waals surface area (Å²) in [5.41, 5.74) is 8.42. The summed E-state index contributed by atoms with van der Waals surface area (Å²) in [7, 11) is 0. The van der Waals surface area contributed by atoms with Crippen LogP contribution in [0.5, 0.6) is 0 Å². The molecule has 0 spiro atoms. The van der Waals surface area contributed by atoms with Gasteiger partial charge in [0.2, 0.25) is 0 Å². The van der Waals surface area contributed by atoms with Crippen LogP contribution in [0.1, 0.15) is 56.6 Å². The third-order valence-electron chi connectivity index (χ3n) is 3.29. The third-order valence-corrected chi connectivity index (χ3v) is 3.29. The van der Waals surface area contributed by atoms with E-state index in [0.717, 1.165) is 13.0 Å². The lowest BCUT2D eigenvalue weighted by molar-refractivity contribution is 0.687. The topological polar surface area (TPSA) is 26.0 Å². The molecule has 1 aromatic carbocycles. The van der Waals surface area contributed by atoms with E-state index >= 15 is 0 Å². The van der Waals surface area contributed by atoms with Crippen molar-refractivity contribution in [3.05, 3.63) is 35.4 Å². The molecule has 1 nitrogen and oxygen atoms in total. The fourth-order valence-electron chi connectivity index (χ4n) is 1.81. The standard InChI is InChI=1S/C14H23N/c1-4-11(2)13-5-7-14(8-6-13)12(3)9-10-15/h5-8,11-12H,4,9-10,15H2,1-3H3. The molecule has 1 aromatic rings. The third kappa shape index (κ3) is 3.35. The van der Waals surface area contributed by atoms with Crippen LogP contribution in [0.25, 0.3) is 0 Å². The minimum absolute atomic E-state index is 0.584. The smallest absolute Gasteiger partial charge is 0.00715 e. The maximum absolute atomic E-state index is 5.57. The Morgan fingerprint density at radius 2 is 1.47 bits per heavy atom. The molecule has 0 saturated carbocycles. The number of hydrogen-bond acceptors (Lipinski definition) is 1. The summed E-state index contributed by atoms with van der Waals surface area (Å²) in [6.07, 6.45) is 2.28. The first-order valence-electron chi connectivity index (χ1n) is 5.99. The Morgan fingerprint density at radius 3 is 1.87 bits per heavy atom. The largest absolute Gasteiger partial charge is 0.330 e. The van der Waals surface area contributed by atoms with Crippen LogP contribution in [0.4, 0.5) is 0 Å². The molecule has 0 aromatic heterocycles. The molecule has 0 fully saturated rings. The first-order chi connectivity index (χ1) is 7.19. The van der Waals surface area contributed by atoms with Crippen molar-refractivity contribution in [3.8, 4) is 0 Å². The highest BCUT2D eigenvalue weighted by Gasteiger charge is 2.06. The van der Waals surface area contributed by atoms with Crippen molar-refractivity contribution in [1.82, 2.24) is 0 Å². The molecule has 0 heterocycles. The van der Waals surface area contributed by atoms with Crippen LogP contribution in [-0.4, -0.2) is 6.54 Å². The fourth-order valence-corrected chi connectivity index (χ4v) is 1.81. The quantitative estimate of drug-likeness (QED) is 0.780. The highest BCUT2D eigenvalue weighted by molar-refractivity contribution is 5.27. The number of nitrogens with two attached hydrogens (primary N) is 1. The molecule has 0 radical (unpaired) electrons. The lowest BCUT2D eigenvalue weighted by Gasteiger charge is -2.13. The average molecular weight is 205 g/mol. The number of benzene rings is 1. The highest BCUT2D eigenvalue weighted by atomic mass is 14.5. The van der Waals surface area contributed by atoms with Gasteiger partial charge in [0.05, 0.1) is 0 Å². The van der Waals surface area contributed by atoms with Crippen LogP contribution >= 0.6 is 0 Å². The Bertz CT molecular complexity index is 276. The van der Waals surface area contributed by atoms with Crippen LogP contribution in [0.3, 0.4) is 0 Å². The molecule has 1 heteroatoms. The van der Waals surface area contributed by atoms with Gasteiger partial charge in [-0.3, -0.25) is 0 Å². The van der Waals surface area contributed by atoms with Gasteiger partial charge in [0, 0.05) is 0 Å². The number of hydrogen-bond donors (Lipinski definition) is 1. The van der Waals surface area contributed by atoms with E-state index < -0.39 is 0 Å². The van der Waals surface area contributed by atoms with E-state index in [4.69, 9.17) is 5.73 Å². The van der Waals surface area contributed by atoms with E-state index in [1.54, 1.807) is 0 Å². The van der Waals surface area contributed by atoms with E-state index in [1.165, 1.54) is 17.5 Å². The summed E-state index contributed by atoms with van der Waals surface area (Å²) < 4.78 is 0. The fraction of sp³-hybridized carbons (Fsp3) is 0.571. The van der Waals surface area contributed by atoms with Gasteiger partial charge in [0.15, 0.2) is 0 Å². The zero-order valence-corrected chi connectivity index (χ0v) is 10.2. The monoisotopic (exact) mass is 205 g/mol. The zero-order valence-electron chi connectivity index (χ0n) is 10.2. The Kier molecular flexibility index (Phi) is 4.83. The van der Waals surface area contributed by atoms with E-state index in [0.29, 0.717) is 11.8 Å². The van der Waals surface area contributed by atoms with Crippen molar-refractivity contribution < 1.29 is 0 Å². The van der Waals surface area contributed by atoms with Gasteiger partial charge in [0.25, 0.3) is 0 Å². The SMILES string of the molecule is CCC(C)c1ccc(C(C)CCN)cc1. The van der Waals surface area contributed by atoms with Gasteiger partial charge in [-0.15, -0.1) is 0 Å². The first-order valence-corrected chi connectivity index (χ1v) is 5.99. The van der Waals surface area contributed by atoms with Crippen molar-refractivity contribution in [2.75, 3.05) is 6.54 Å². The molecule has 2 N–H and O–H groups in total. The summed E-state index contributed by atoms with van der Waals surface area (Å²) in [6, 6.07) is 9.02. The second-order valence-electron chi connectivity index (χ2n) is 4.45. The van der Waals surface area contributed by atoms with Crippen molar-refractivity contribution in [1.29, 1.82) is 0 Å². The van der Waals surface area contributed by atoms with Gasteiger partial charge in [0.1, 0.15) is 0 Å². The summed E-state index contributed by atoms with van der Waals surface area (Å²) in [4.78, 5) is 0. The maximum Gasteiger partial charge on any atom is -0.00715 e. The summed E-state index contributed by atoms with van der Waals surface area (Å²) in [5.74, 6) is 1.25. The molecule has 0 aliphatic carbocycles. The van der Waals surface area contributed by atoms with Gasteiger partial charge in [-0.1, -0.05) is 45.0 Å². The Balaban J connectivity index is 2.71. The molecule has 0 bridgehead atoms.